The normalized spacial score (nSPS) is 24.3. The van der Waals surface area contributed by atoms with Gasteiger partial charge in [0.05, 0.1) is 4.92 Å². The lowest BCUT2D eigenvalue weighted by molar-refractivity contribution is -0.384. The largest absolute Gasteiger partial charge is 0.490 e. The summed E-state index contributed by atoms with van der Waals surface area (Å²) in [6.07, 6.45) is 5.38. The molecule has 2 atom stereocenters. The number of rotatable bonds is 5. The molecule has 2 fully saturated rings. The number of piperidine rings is 1. The number of nitrogens with two attached hydrogens (primary N) is 1. The molecule has 1 aromatic rings. The third-order valence-electron chi connectivity index (χ3n) is 5.30. The molecule has 2 N–H and O–H groups in total. The Morgan fingerprint density at radius 2 is 1.88 bits per heavy atom. The first kappa shape index (κ1) is 17.7. The SMILES string of the molecule is N[C@@H]1CCC[C@H]1CC(=O)N1CCC(Oc2ccc([N+](=O)[O-])cc2)CC1. The lowest BCUT2D eigenvalue weighted by Gasteiger charge is -2.33. The summed E-state index contributed by atoms with van der Waals surface area (Å²) < 4.78 is 5.89. The highest BCUT2D eigenvalue weighted by Crippen LogP contribution is 2.28. The highest BCUT2D eigenvalue weighted by Gasteiger charge is 2.30. The van der Waals surface area contributed by atoms with Crippen molar-refractivity contribution in [2.45, 2.75) is 50.7 Å². The van der Waals surface area contributed by atoms with Gasteiger partial charge in [0.1, 0.15) is 11.9 Å². The average Bonchev–Trinajstić information content (AvgIpc) is 3.01. The minimum absolute atomic E-state index is 0.0410. The first-order chi connectivity index (χ1) is 12.0. The lowest BCUT2D eigenvalue weighted by atomic mass is 9.98. The first-order valence-electron chi connectivity index (χ1n) is 8.97. The monoisotopic (exact) mass is 347 g/mol. The molecule has 7 heteroatoms. The van der Waals surface area contributed by atoms with E-state index in [1.54, 1.807) is 12.1 Å². The molecule has 0 unspecified atom stereocenters. The van der Waals surface area contributed by atoms with Crippen molar-refractivity contribution < 1.29 is 14.5 Å². The number of nitrogens with zero attached hydrogens (tertiary/aromatic N) is 2. The average molecular weight is 347 g/mol. The molecule has 1 saturated heterocycles. The third-order valence-corrected chi connectivity index (χ3v) is 5.30. The Labute approximate surface area is 147 Å². The van der Waals surface area contributed by atoms with Crippen molar-refractivity contribution >= 4 is 11.6 Å². The van der Waals surface area contributed by atoms with Crippen molar-refractivity contribution in [1.82, 2.24) is 4.90 Å². The van der Waals surface area contributed by atoms with E-state index in [0.717, 1.165) is 32.1 Å². The summed E-state index contributed by atoms with van der Waals surface area (Å²) in [6, 6.07) is 6.30. The van der Waals surface area contributed by atoms with Crippen LogP contribution in [0.5, 0.6) is 5.75 Å². The maximum Gasteiger partial charge on any atom is 0.269 e. The fraction of sp³-hybridized carbons (Fsp3) is 0.611. The van der Waals surface area contributed by atoms with Crippen molar-refractivity contribution in [3.63, 3.8) is 0 Å². The van der Waals surface area contributed by atoms with Gasteiger partial charge in [-0.3, -0.25) is 14.9 Å². The van der Waals surface area contributed by atoms with Crippen LogP contribution in [-0.2, 0) is 4.79 Å². The van der Waals surface area contributed by atoms with Crippen LogP contribution in [-0.4, -0.2) is 41.0 Å². The van der Waals surface area contributed by atoms with E-state index in [-0.39, 0.29) is 23.7 Å². The first-order valence-corrected chi connectivity index (χ1v) is 8.97. The standard InChI is InChI=1S/C18H25N3O4/c19-17-3-1-2-13(17)12-18(22)20-10-8-16(9-11-20)25-15-6-4-14(5-7-15)21(23)24/h4-7,13,16-17H,1-3,8-12,19H2/t13-,17+/m0/s1. The number of likely N-dealkylation sites (tertiary alicyclic amines) is 1. The van der Waals surface area contributed by atoms with Crippen LogP contribution in [0, 0.1) is 16.0 Å². The van der Waals surface area contributed by atoms with Crippen LogP contribution in [0.4, 0.5) is 5.69 Å². The zero-order valence-corrected chi connectivity index (χ0v) is 14.3. The van der Waals surface area contributed by atoms with Crippen molar-refractivity contribution in [1.29, 1.82) is 0 Å². The van der Waals surface area contributed by atoms with Gasteiger partial charge in [-0.15, -0.1) is 0 Å². The number of carbonyl (C=O) groups is 1. The predicted octanol–water partition coefficient (Wildman–Crippen LogP) is 2.48. The van der Waals surface area contributed by atoms with Crippen molar-refractivity contribution in [2.75, 3.05) is 13.1 Å². The quantitative estimate of drug-likeness (QED) is 0.652. The van der Waals surface area contributed by atoms with Gasteiger partial charge in [-0.25, -0.2) is 0 Å². The molecule has 7 nitrogen and oxygen atoms in total. The minimum atomic E-state index is -0.426. The smallest absolute Gasteiger partial charge is 0.269 e. The summed E-state index contributed by atoms with van der Waals surface area (Å²) in [7, 11) is 0. The highest BCUT2D eigenvalue weighted by molar-refractivity contribution is 5.76. The summed E-state index contributed by atoms with van der Waals surface area (Å²) in [5, 5.41) is 10.7. The van der Waals surface area contributed by atoms with Crippen LogP contribution < -0.4 is 10.5 Å². The number of hydrogen-bond acceptors (Lipinski definition) is 5. The van der Waals surface area contributed by atoms with Crippen molar-refractivity contribution in [3.8, 4) is 5.75 Å². The van der Waals surface area contributed by atoms with Gasteiger partial charge in [-0.1, -0.05) is 6.42 Å². The fourth-order valence-electron chi connectivity index (χ4n) is 3.73. The predicted molar refractivity (Wildman–Crippen MR) is 93.3 cm³/mol. The highest BCUT2D eigenvalue weighted by atomic mass is 16.6. The van der Waals surface area contributed by atoms with Gasteiger partial charge in [0.25, 0.3) is 5.69 Å². The number of hydrogen-bond donors (Lipinski definition) is 1. The van der Waals surface area contributed by atoms with Gasteiger partial charge in [-0.05, 0) is 30.9 Å². The number of ether oxygens (including phenoxy) is 1. The Morgan fingerprint density at radius 1 is 1.20 bits per heavy atom. The Morgan fingerprint density at radius 3 is 2.44 bits per heavy atom. The molecule has 0 aromatic heterocycles. The summed E-state index contributed by atoms with van der Waals surface area (Å²) in [6.45, 7) is 1.39. The van der Waals surface area contributed by atoms with E-state index in [9.17, 15) is 14.9 Å². The van der Waals surface area contributed by atoms with E-state index in [1.165, 1.54) is 12.1 Å². The summed E-state index contributed by atoms with van der Waals surface area (Å²) in [4.78, 5) is 24.6. The van der Waals surface area contributed by atoms with Crippen LogP contribution in [0.2, 0.25) is 0 Å². The molecule has 1 aromatic carbocycles. The zero-order valence-electron chi connectivity index (χ0n) is 14.3. The molecule has 2 aliphatic rings. The van der Waals surface area contributed by atoms with E-state index in [4.69, 9.17) is 10.5 Å². The molecule has 3 rings (SSSR count). The molecule has 25 heavy (non-hydrogen) atoms. The fourth-order valence-corrected chi connectivity index (χ4v) is 3.73. The van der Waals surface area contributed by atoms with Gasteiger partial charge in [0.15, 0.2) is 0 Å². The molecular weight excluding hydrogens is 322 g/mol. The topological polar surface area (TPSA) is 98.7 Å². The summed E-state index contributed by atoms with van der Waals surface area (Å²) in [5.41, 5.74) is 6.11. The van der Waals surface area contributed by atoms with E-state index in [1.807, 2.05) is 4.90 Å². The number of non-ortho nitro benzene ring substituents is 1. The molecule has 1 saturated carbocycles. The van der Waals surface area contributed by atoms with Gasteiger partial charge in [0, 0.05) is 50.5 Å². The van der Waals surface area contributed by atoms with Crippen LogP contribution in [0.3, 0.4) is 0 Å². The second kappa shape index (κ2) is 7.82. The van der Waals surface area contributed by atoms with Crippen LogP contribution in [0.1, 0.15) is 38.5 Å². The van der Waals surface area contributed by atoms with Crippen LogP contribution in [0.15, 0.2) is 24.3 Å². The molecule has 0 spiro atoms. The molecule has 1 aliphatic heterocycles. The van der Waals surface area contributed by atoms with Crippen LogP contribution >= 0.6 is 0 Å². The van der Waals surface area contributed by atoms with Gasteiger partial charge in [-0.2, -0.15) is 0 Å². The number of nitro benzene ring substituents is 1. The summed E-state index contributed by atoms with van der Waals surface area (Å²) >= 11 is 0. The Kier molecular flexibility index (Phi) is 5.53. The molecule has 0 bridgehead atoms. The Bertz CT molecular complexity index is 611. The lowest BCUT2D eigenvalue weighted by Crippen LogP contribution is -2.43. The Hall–Kier alpha value is -2.15. The minimum Gasteiger partial charge on any atom is -0.490 e. The van der Waals surface area contributed by atoms with E-state index in [0.29, 0.717) is 31.2 Å². The van der Waals surface area contributed by atoms with Crippen molar-refractivity contribution in [2.24, 2.45) is 11.7 Å². The molecule has 1 amide bonds. The molecule has 1 heterocycles. The van der Waals surface area contributed by atoms with Crippen molar-refractivity contribution in [3.05, 3.63) is 34.4 Å². The third kappa shape index (κ3) is 4.48. The number of amides is 1. The van der Waals surface area contributed by atoms with E-state index in [2.05, 4.69) is 0 Å². The Balaban J connectivity index is 1.45. The molecule has 136 valence electrons. The van der Waals surface area contributed by atoms with Gasteiger partial charge >= 0.3 is 0 Å². The van der Waals surface area contributed by atoms with Gasteiger partial charge in [0.2, 0.25) is 5.91 Å². The molecule has 1 aliphatic carbocycles. The maximum atomic E-state index is 12.4. The maximum absolute atomic E-state index is 12.4. The number of carbonyl (C=O) groups excluding carboxylic acids is 1. The van der Waals surface area contributed by atoms with Gasteiger partial charge < -0.3 is 15.4 Å². The van der Waals surface area contributed by atoms with E-state index < -0.39 is 4.92 Å². The molecular formula is C18H25N3O4. The zero-order chi connectivity index (χ0) is 17.8. The second-order valence-corrected chi connectivity index (χ2v) is 7.01. The second-order valence-electron chi connectivity index (χ2n) is 7.01. The van der Waals surface area contributed by atoms with Crippen LogP contribution in [0.25, 0.3) is 0 Å². The number of nitro groups is 1. The summed E-state index contributed by atoms with van der Waals surface area (Å²) in [5.74, 6) is 1.17. The molecule has 0 radical (unpaired) electrons. The number of benzene rings is 1. The van der Waals surface area contributed by atoms with E-state index >= 15 is 0 Å².